The fraction of sp³-hybridized carbons (Fsp3) is 0.605. The second kappa shape index (κ2) is 17.5. The van der Waals surface area contributed by atoms with E-state index in [1.807, 2.05) is 0 Å². The van der Waals surface area contributed by atoms with Gasteiger partial charge in [-0.05, 0) is 117 Å². The van der Waals surface area contributed by atoms with E-state index in [0.29, 0.717) is 30.2 Å². The number of allylic oxidation sites excluding steroid dienone is 2. The van der Waals surface area contributed by atoms with Crippen molar-refractivity contribution in [1.82, 2.24) is 0 Å². The molecule has 0 aromatic heterocycles. The largest absolute Gasteiger partial charge is 0.481 e. The molecular formula is C38H55NO2. The predicted octanol–water partition coefficient (Wildman–Crippen LogP) is 9.26. The van der Waals surface area contributed by atoms with Crippen LogP contribution in [0.4, 0.5) is 0 Å². The lowest BCUT2D eigenvalue weighted by Crippen LogP contribution is -2.39. The van der Waals surface area contributed by atoms with E-state index in [4.69, 9.17) is 5.73 Å². The Labute approximate surface area is 250 Å². The number of aliphatic carboxylic acids is 1. The van der Waals surface area contributed by atoms with E-state index in [1.54, 1.807) is 0 Å². The maximum atomic E-state index is 12.1. The van der Waals surface area contributed by atoms with Gasteiger partial charge in [0.25, 0.3) is 0 Å². The van der Waals surface area contributed by atoms with E-state index in [2.05, 4.69) is 72.8 Å². The number of hydrogen-bond acceptors (Lipinski definition) is 2. The Balaban J connectivity index is 1.42. The molecule has 0 amide bonds. The van der Waals surface area contributed by atoms with Crippen LogP contribution in [-0.4, -0.2) is 17.6 Å². The zero-order chi connectivity index (χ0) is 28.7. The molecule has 0 spiro atoms. The van der Waals surface area contributed by atoms with E-state index < -0.39 is 5.97 Å². The van der Waals surface area contributed by atoms with Crippen molar-refractivity contribution >= 4 is 5.97 Å². The van der Waals surface area contributed by atoms with Crippen LogP contribution in [0, 0.1) is 35.5 Å². The monoisotopic (exact) mass is 557 g/mol. The standard InChI is InChI=1S/C38H55NO2/c39-26-25-36-34(23-24-35(37(36)29-38(40)41)27-32-18-10-4-11-19-32)28-33(22-21-31-16-8-2-9-17-31)20-12-3-7-15-30-13-5-1-6-14-30/h2-4,8-12,16-19,30,33-37H,1,5-7,13-15,20-29,39H2,(H,40,41)/b12-3-/t33-,34+,35-,36-,37-/m0/s1. The highest BCUT2D eigenvalue weighted by Crippen LogP contribution is 2.46. The third-order valence-electron chi connectivity index (χ3n) is 10.3. The quantitative estimate of drug-likeness (QED) is 0.202. The molecule has 224 valence electrons. The lowest BCUT2D eigenvalue weighted by atomic mass is 9.61. The topological polar surface area (TPSA) is 63.3 Å². The Hall–Kier alpha value is -2.39. The average Bonchev–Trinajstić information content (AvgIpc) is 2.99. The normalized spacial score (nSPS) is 24.4. The molecule has 0 aliphatic heterocycles. The number of benzene rings is 2. The molecule has 2 aromatic carbocycles. The van der Waals surface area contributed by atoms with Gasteiger partial charge in [-0.3, -0.25) is 4.79 Å². The predicted molar refractivity (Wildman–Crippen MR) is 172 cm³/mol. The number of carboxylic acid groups (broad SMARTS) is 1. The molecule has 41 heavy (non-hydrogen) atoms. The van der Waals surface area contributed by atoms with Crippen LogP contribution in [0.2, 0.25) is 0 Å². The van der Waals surface area contributed by atoms with Crippen LogP contribution in [0.1, 0.15) is 101 Å². The minimum Gasteiger partial charge on any atom is -0.481 e. The number of rotatable bonds is 16. The summed E-state index contributed by atoms with van der Waals surface area (Å²) in [6.45, 7) is 0.644. The second-order valence-corrected chi connectivity index (χ2v) is 13.2. The molecule has 2 fully saturated rings. The summed E-state index contributed by atoms with van der Waals surface area (Å²) in [6.07, 6.45) is 23.8. The fourth-order valence-electron chi connectivity index (χ4n) is 8.17. The van der Waals surface area contributed by atoms with Crippen LogP contribution in [0.5, 0.6) is 0 Å². The summed E-state index contributed by atoms with van der Waals surface area (Å²) in [6, 6.07) is 21.6. The van der Waals surface area contributed by atoms with Gasteiger partial charge in [0, 0.05) is 6.42 Å². The molecule has 2 saturated carbocycles. The Morgan fingerprint density at radius 1 is 0.829 bits per heavy atom. The zero-order valence-corrected chi connectivity index (χ0v) is 25.3. The molecule has 3 heteroatoms. The number of carboxylic acids is 1. The van der Waals surface area contributed by atoms with Gasteiger partial charge in [-0.25, -0.2) is 0 Å². The molecule has 0 bridgehead atoms. The summed E-state index contributed by atoms with van der Waals surface area (Å²) in [5, 5.41) is 9.93. The van der Waals surface area contributed by atoms with Crippen molar-refractivity contribution in [3.05, 3.63) is 83.9 Å². The molecular weight excluding hydrogens is 502 g/mol. The van der Waals surface area contributed by atoms with E-state index in [1.165, 1.54) is 75.3 Å². The van der Waals surface area contributed by atoms with Gasteiger partial charge >= 0.3 is 5.97 Å². The van der Waals surface area contributed by atoms with Gasteiger partial charge in [-0.2, -0.15) is 0 Å². The molecule has 5 atom stereocenters. The molecule has 3 N–H and O–H groups in total. The summed E-state index contributed by atoms with van der Waals surface area (Å²) >= 11 is 0. The summed E-state index contributed by atoms with van der Waals surface area (Å²) in [4.78, 5) is 12.1. The average molecular weight is 558 g/mol. The van der Waals surface area contributed by atoms with Crippen molar-refractivity contribution in [3.63, 3.8) is 0 Å². The molecule has 3 nitrogen and oxygen atoms in total. The van der Waals surface area contributed by atoms with E-state index in [0.717, 1.165) is 38.0 Å². The van der Waals surface area contributed by atoms with E-state index >= 15 is 0 Å². The fourth-order valence-corrected chi connectivity index (χ4v) is 8.17. The maximum Gasteiger partial charge on any atom is 0.303 e. The first kappa shape index (κ1) is 31.5. The third-order valence-corrected chi connectivity index (χ3v) is 10.3. The lowest BCUT2D eigenvalue weighted by Gasteiger charge is -2.44. The second-order valence-electron chi connectivity index (χ2n) is 13.2. The SMILES string of the molecule is NCC[C@H]1[C@@H](C[C@@H](C/C=C\CCC2CCCCC2)CCc2ccccc2)CC[C@@H](Cc2ccccc2)[C@@H]1CC(=O)O. The van der Waals surface area contributed by atoms with Crippen LogP contribution < -0.4 is 5.73 Å². The first-order valence-corrected chi connectivity index (χ1v) is 16.8. The Morgan fingerprint density at radius 2 is 1.51 bits per heavy atom. The highest BCUT2D eigenvalue weighted by molar-refractivity contribution is 5.67. The highest BCUT2D eigenvalue weighted by atomic mass is 16.4. The zero-order valence-electron chi connectivity index (χ0n) is 25.3. The van der Waals surface area contributed by atoms with Crippen LogP contribution in [0.3, 0.4) is 0 Å². The Bertz CT molecular complexity index is 1010. The van der Waals surface area contributed by atoms with Crippen LogP contribution in [-0.2, 0) is 17.6 Å². The van der Waals surface area contributed by atoms with Gasteiger partial charge in [0.15, 0.2) is 0 Å². The van der Waals surface area contributed by atoms with E-state index in [9.17, 15) is 9.90 Å². The molecule has 4 rings (SSSR count). The minimum absolute atomic E-state index is 0.204. The summed E-state index contributed by atoms with van der Waals surface area (Å²) in [5.41, 5.74) is 8.95. The van der Waals surface area contributed by atoms with Gasteiger partial charge in [0.05, 0.1) is 0 Å². The molecule has 0 radical (unpaired) electrons. The molecule has 0 unspecified atom stereocenters. The number of carbonyl (C=O) groups is 1. The summed E-state index contributed by atoms with van der Waals surface area (Å²) in [7, 11) is 0. The highest BCUT2D eigenvalue weighted by Gasteiger charge is 2.40. The Morgan fingerprint density at radius 3 is 2.20 bits per heavy atom. The minimum atomic E-state index is -0.655. The maximum absolute atomic E-state index is 12.1. The smallest absolute Gasteiger partial charge is 0.303 e. The molecule has 2 aliphatic carbocycles. The van der Waals surface area contributed by atoms with Gasteiger partial charge in [0.1, 0.15) is 0 Å². The van der Waals surface area contributed by atoms with Crippen molar-refractivity contribution in [3.8, 4) is 0 Å². The molecule has 2 aliphatic rings. The van der Waals surface area contributed by atoms with Crippen molar-refractivity contribution in [1.29, 1.82) is 0 Å². The number of nitrogens with two attached hydrogens (primary N) is 1. The van der Waals surface area contributed by atoms with Crippen LogP contribution >= 0.6 is 0 Å². The van der Waals surface area contributed by atoms with Crippen molar-refractivity contribution < 1.29 is 9.90 Å². The Kier molecular flexibility index (Phi) is 13.5. The van der Waals surface area contributed by atoms with Crippen LogP contribution in [0.15, 0.2) is 72.8 Å². The number of hydrogen-bond donors (Lipinski definition) is 2. The van der Waals surface area contributed by atoms with Crippen molar-refractivity contribution in [2.75, 3.05) is 6.54 Å². The first-order valence-electron chi connectivity index (χ1n) is 16.8. The van der Waals surface area contributed by atoms with Crippen molar-refractivity contribution in [2.24, 2.45) is 41.2 Å². The lowest BCUT2D eigenvalue weighted by molar-refractivity contribution is -0.140. The van der Waals surface area contributed by atoms with Gasteiger partial charge < -0.3 is 10.8 Å². The van der Waals surface area contributed by atoms with Crippen molar-refractivity contribution in [2.45, 2.75) is 103 Å². The van der Waals surface area contributed by atoms with E-state index in [-0.39, 0.29) is 12.3 Å². The van der Waals surface area contributed by atoms with Gasteiger partial charge in [-0.1, -0.05) is 105 Å². The number of aryl methyl sites for hydroxylation is 1. The van der Waals surface area contributed by atoms with Crippen LogP contribution in [0.25, 0.3) is 0 Å². The summed E-state index contributed by atoms with van der Waals surface area (Å²) < 4.78 is 0. The molecule has 0 heterocycles. The van der Waals surface area contributed by atoms with Gasteiger partial charge in [0.2, 0.25) is 0 Å². The van der Waals surface area contributed by atoms with Gasteiger partial charge in [-0.15, -0.1) is 0 Å². The molecule has 0 saturated heterocycles. The first-order chi connectivity index (χ1) is 20.1. The summed E-state index contributed by atoms with van der Waals surface area (Å²) in [5.74, 6) is 2.50. The third kappa shape index (κ3) is 10.7. The molecule has 2 aromatic rings.